The highest BCUT2D eigenvalue weighted by molar-refractivity contribution is 5.99. The lowest BCUT2D eigenvalue weighted by Crippen LogP contribution is -2.40. The van der Waals surface area contributed by atoms with Crippen LogP contribution in [0.1, 0.15) is 75.5 Å². The molecule has 0 aliphatic carbocycles. The topological polar surface area (TPSA) is 54.8 Å². The molecule has 174 valence electrons. The number of nitrogens with zero attached hydrogens (tertiary/aromatic N) is 3. The van der Waals surface area contributed by atoms with Gasteiger partial charge >= 0.3 is 6.09 Å². The second-order valence-electron chi connectivity index (χ2n) is 10.4. The lowest BCUT2D eigenvalue weighted by atomic mass is 9.98. The Labute approximate surface area is 191 Å². The van der Waals surface area contributed by atoms with Crippen molar-refractivity contribution in [2.75, 3.05) is 19.6 Å². The molecule has 2 aliphatic rings. The van der Waals surface area contributed by atoms with Crippen LogP contribution in [0.3, 0.4) is 0 Å². The molecular formula is C26H37N3O3. The normalized spacial score (nSPS) is 17.5. The first-order valence-corrected chi connectivity index (χ1v) is 12.1. The predicted molar refractivity (Wildman–Crippen MR) is 127 cm³/mol. The molecule has 1 saturated heterocycles. The molecule has 2 aromatic rings. The molecule has 0 unspecified atom stereocenters. The van der Waals surface area contributed by atoms with Gasteiger partial charge in [-0.1, -0.05) is 13.8 Å². The van der Waals surface area contributed by atoms with Gasteiger partial charge in [0.2, 0.25) is 0 Å². The van der Waals surface area contributed by atoms with Crippen LogP contribution < -0.4 is 0 Å². The fraction of sp³-hybridized carbons (Fsp3) is 0.615. The van der Waals surface area contributed by atoms with Gasteiger partial charge in [0.05, 0.1) is 6.54 Å². The predicted octanol–water partition coefficient (Wildman–Crippen LogP) is 5.22. The van der Waals surface area contributed by atoms with Crippen molar-refractivity contribution in [2.24, 2.45) is 5.92 Å². The van der Waals surface area contributed by atoms with Crippen LogP contribution in [0.5, 0.6) is 0 Å². The highest BCUT2D eigenvalue weighted by atomic mass is 16.6. The summed E-state index contributed by atoms with van der Waals surface area (Å²) in [5.41, 5.74) is 3.84. The molecule has 0 bridgehead atoms. The third-order valence-electron chi connectivity index (χ3n) is 6.67. The van der Waals surface area contributed by atoms with E-state index >= 15 is 0 Å². The van der Waals surface area contributed by atoms with Crippen LogP contribution in [0.15, 0.2) is 18.2 Å². The van der Waals surface area contributed by atoms with Gasteiger partial charge < -0.3 is 19.1 Å². The van der Waals surface area contributed by atoms with E-state index in [1.807, 2.05) is 31.7 Å². The maximum atomic E-state index is 13.2. The van der Waals surface area contributed by atoms with Crippen LogP contribution in [0.2, 0.25) is 0 Å². The number of ether oxygens (including phenoxy) is 1. The minimum Gasteiger partial charge on any atom is -0.444 e. The number of carbonyl (C=O) groups excluding carboxylic acids is 2. The summed E-state index contributed by atoms with van der Waals surface area (Å²) in [5.74, 6) is 0.811. The van der Waals surface area contributed by atoms with Crippen LogP contribution >= 0.6 is 0 Å². The Morgan fingerprint density at radius 1 is 1.09 bits per heavy atom. The number of amides is 2. The molecule has 0 radical (unpaired) electrons. The van der Waals surface area contributed by atoms with E-state index < -0.39 is 5.60 Å². The lowest BCUT2D eigenvalue weighted by molar-refractivity contribution is 0.0223. The molecular weight excluding hydrogens is 402 g/mol. The van der Waals surface area contributed by atoms with E-state index in [0.29, 0.717) is 19.0 Å². The van der Waals surface area contributed by atoms with Gasteiger partial charge in [-0.25, -0.2) is 4.79 Å². The van der Waals surface area contributed by atoms with Crippen molar-refractivity contribution in [3.8, 4) is 0 Å². The van der Waals surface area contributed by atoms with Crippen molar-refractivity contribution >= 4 is 22.9 Å². The highest BCUT2D eigenvalue weighted by Gasteiger charge is 2.30. The largest absolute Gasteiger partial charge is 0.444 e. The first-order chi connectivity index (χ1) is 15.2. The number of hydrogen-bond acceptors (Lipinski definition) is 3. The van der Waals surface area contributed by atoms with E-state index in [0.717, 1.165) is 67.3 Å². The molecule has 1 aromatic carbocycles. The Bertz CT molecular complexity index is 1010. The van der Waals surface area contributed by atoms with Gasteiger partial charge in [-0.3, -0.25) is 4.79 Å². The second-order valence-corrected chi connectivity index (χ2v) is 10.4. The van der Waals surface area contributed by atoms with Crippen LogP contribution in [0.25, 0.3) is 10.9 Å². The molecule has 0 atom stereocenters. The summed E-state index contributed by atoms with van der Waals surface area (Å²) >= 11 is 0. The Morgan fingerprint density at radius 3 is 2.47 bits per heavy atom. The maximum Gasteiger partial charge on any atom is 0.410 e. The number of likely N-dealkylation sites (tertiary alicyclic amines) is 1. The van der Waals surface area contributed by atoms with Gasteiger partial charge in [0, 0.05) is 60.3 Å². The van der Waals surface area contributed by atoms with E-state index in [2.05, 4.69) is 30.5 Å². The quantitative estimate of drug-likeness (QED) is 0.659. The molecule has 0 saturated carbocycles. The first kappa shape index (κ1) is 22.7. The summed E-state index contributed by atoms with van der Waals surface area (Å²) < 4.78 is 8.01. The zero-order valence-electron chi connectivity index (χ0n) is 20.2. The molecule has 0 N–H and O–H groups in total. The fourth-order valence-corrected chi connectivity index (χ4v) is 4.94. The molecule has 4 rings (SSSR count). The Morgan fingerprint density at radius 2 is 1.81 bits per heavy atom. The average Bonchev–Trinajstić information content (AvgIpc) is 3.05. The van der Waals surface area contributed by atoms with Crippen molar-refractivity contribution in [2.45, 2.75) is 79.0 Å². The molecule has 3 heterocycles. The molecule has 2 aliphatic heterocycles. The third-order valence-corrected chi connectivity index (χ3v) is 6.67. The van der Waals surface area contributed by atoms with Crippen LogP contribution in [-0.2, 0) is 24.2 Å². The number of piperidine rings is 1. The van der Waals surface area contributed by atoms with Crippen LogP contribution in [-0.4, -0.2) is 51.6 Å². The molecule has 32 heavy (non-hydrogen) atoms. The number of fused-ring (bicyclic) bond motifs is 3. The van der Waals surface area contributed by atoms with E-state index in [9.17, 15) is 9.59 Å². The maximum absolute atomic E-state index is 13.2. The van der Waals surface area contributed by atoms with E-state index in [4.69, 9.17) is 4.74 Å². The smallest absolute Gasteiger partial charge is 0.410 e. The monoisotopic (exact) mass is 439 g/mol. The number of rotatable bonds is 3. The number of hydrogen-bond donors (Lipinski definition) is 0. The molecule has 1 fully saturated rings. The summed E-state index contributed by atoms with van der Waals surface area (Å²) in [7, 11) is 0. The van der Waals surface area contributed by atoms with E-state index in [1.54, 1.807) is 4.90 Å². The van der Waals surface area contributed by atoms with Gasteiger partial charge in [-0.2, -0.15) is 0 Å². The fourth-order valence-electron chi connectivity index (χ4n) is 4.94. The average molecular weight is 440 g/mol. The molecule has 1 aromatic heterocycles. The van der Waals surface area contributed by atoms with Crippen molar-refractivity contribution in [1.82, 2.24) is 14.4 Å². The Balaban J connectivity index is 1.67. The second kappa shape index (κ2) is 8.80. The molecule has 2 amide bonds. The van der Waals surface area contributed by atoms with E-state index in [-0.39, 0.29) is 12.0 Å². The van der Waals surface area contributed by atoms with Crippen molar-refractivity contribution in [1.29, 1.82) is 0 Å². The molecule has 0 spiro atoms. The Kier molecular flexibility index (Phi) is 6.24. The zero-order chi connectivity index (χ0) is 23.0. The number of benzene rings is 1. The highest BCUT2D eigenvalue weighted by Crippen LogP contribution is 2.33. The lowest BCUT2D eigenvalue weighted by Gasteiger charge is -2.31. The van der Waals surface area contributed by atoms with Gasteiger partial charge in [-0.15, -0.1) is 0 Å². The third kappa shape index (κ3) is 4.50. The van der Waals surface area contributed by atoms with Gasteiger partial charge in [0.25, 0.3) is 5.91 Å². The van der Waals surface area contributed by atoms with E-state index in [1.165, 1.54) is 5.69 Å². The summed E-state index contributed by atoms with van der Waals surface area (Å²) in [6, 6.07) is 6.13. The number of carbonyl (C=O) groups is 2. The van der Waals surface area contributed by atoms with Crippen LogP contribution in [0, 0.1) is 5.92 Å². The van der Waals surface area contributed by atoms with Crippen molar-refractivity contribution in [3.63, 3.8) is 0 Å². The molecule has 6 nitrogen and oxygen atoms in total. The standard InChI is InChI=1S/C26H37N3O3/c1-6-12-29-22-8-7-19(24(30)27-13-9-18(2)10-14-27)16-20(22)21-17-28(15-11-23(21)29)25(31)32-26(3,4)5/h7-8,16,18H,6,9-15,17H2,1-5H3. The summed E-state index contributed by atoms with van der Waals surface area (Å²) in [6.07, 6.45) is 3.71. The van der Waals surface area contributed by atoms with Gasteiger partial charge in [-0.05, 0) is 64.2 Å². The summed E-state index contributed by atoms with van der Waals surface area (Å²) in [5, 5.41) is 1.10. The van der Waals surface area contributed by atoms with Gasteiger partial charge in [0.1, 0.15) is 5.60 Å². The number of aromatic nitrogens is 1. The summed E-state index contributed by atoms with van der Waals surface area (Å²) in [4.78, 5) is 29.7. The first-order valence-electron chi connectivity index (χ1n) is 12.1. The zero-order valence-corrected chi connectivity index (χ0v) is 20.2. The molecule has 6 heteroatoms. The van der Waals surface area contributed by atoms with Crippen LogP contribution in [0.4, 0.5) is 4.79 Å². The minimum absolute atomic E-state index is 0.121. The van der Waals surface area contributed by atoms with Crippen molar-refractivity contribution < 1.29 is 14.3 Å². The van der Waals surface area contributed by atoms with Gasteiger partial charge in [0.15, 0.2) is 0 Å². The van der Waals surface area contributed by atoms with Crippen molar-refractivity contribution in [3.05, 3.63) is 35.0 Å². The number of aryl methyl sites for hydroxylation is 1. The summed E-state index contributed by atoms with van der Waals surface area (Å²) in [6.45, 7) is 13.9. The Hall–Kier alpha value is -2.50. The SMILES string of the molecule is CCCn1c2c(c3cc(C(=O)N4CCC(C)CC4)ccc31)CN(C(=O)OC(C)(C)C)CC2. The minimum atomic E-state index is -0.515.